The molecule has 4 nitrogen and oxygen atoms in total. The van der Waals surface area contributed by atoms with Gasteiger partial charge in [0, 0.05) is 18.7 Å². The molecule has 0 bridgehead atoms. The molecule has 0 aromatic heterocycles. The lowest BCUT2D eigenvalue weighted by Crippen LogP contribution is -2.35. The lowest BCUT2D eigenvalue weighted by atomic mass is 10.1. The number of carbonyl (C=O) groups is 1. The fourth-order valence-corrected chi connectivity index (χ4v) is 2.09. The van der Waals surface area contributed by atoms with E-state index < -0.39 is 6.10 Å². The number of nitrogens with one attached hydrogen (secondary N) is 1. The topological polar surface area (TPSA) is 58.6 Å². The van der Waals surface area contributed by atoms with Crippen molar-refractivity contribution in [3.05, 3.63) is 34.9 Å². The van der Waals surface area contributed by atoms with E-state index in [4.69, 9.17) is 4.74 Å². The number of amides is 1. The van der Waals surface area contributed by atoms with Crippen LogP contribution in [0, 0.1) is 19.8 Å². The van der Waals surface area contributed by atoms with E-state index in [1.807, 2.05) is 32.0 Å². The number of benzene rings is 1. The molecule has 2 N–H and O–H groups in total. The van der Waals surface area contributed by atoms with E-state index in [9.17, 15) is 9.90 Å². The molecule has 1 aliphatic carbocycles. The minimum atomic E-state index is -0.650. The van der Waals surface area contributed by atoms with Gasteiger partial charge in [0.25, 0.3) is 5.91 Å². The molecule has 1 fully saturated rings. The number of carbonyl (C=O) groups excluding carboxylic acids is 1. The highest BCUT2D eigenvalue weighted by Crippen LogP contribution is 2.28. The van der Waals surface area contributed by atoms with Gasteiger partial charge in [-0.1, -0.05) is 17.7 Å². The van der Waals surface area contributed by atoms with Crippen molar-refractivity contribution in [3.63, 3.8) is 0 Å². The van der Waals surface area contributed by atoms with Crippen LogP contribution in [-0.2, 0) is 4.74 Å². The number of aryl methyl sites for hydroxylation is 2. The lowest BCUT2D eigenvalue weighted by Gasteiger charge is -2.13. The monoisotopic (exact) mass is 277 g/mol. The standard InChI is InChI=1S/C16H23NO3/c1-11-3-6-15(12(2)7-11)16(19)17-8-14(18)10-20-9-13-4-5-13/h3,6-7,13-14,18H,4-5,8-10H2,1-2H3,(H,17,19). The summed E-state index contributed by atoms with van der Waals surface area (Å²) in [6, 6.07) is 5.71. The van der Waals surface area contributed by atoms with Crippen molar-refractivity contribution in [1.29, 1.82) is 0 Å². The maximum Gasteiger partial charge on any atom is 0.251 e. The average molecular weight is 277 g/mol. The number of aliphatic hydroxyl groups excluding tert-OH is 1. The van der Waals surface area contributed by atoms with E-state index in [0.717, 1.165) is 17.7 Å². The number of hydrogen-bond donors (Lipinski definition) is 2. The van der Waals surface area contributed by atoms with Crippen LogP contribution >= 0.6 is 0 Å². The first-order valence-electron chi connectivity index (χ1n) is 7.17. The van der Waals surface area contributed by atoms with Crippen molar-refractivity contribution < 1.29 is 14.6 Å². The van der Waals surface area contributed by atoms with Crippen molar-refractivity contribution in [2.45, 2.75) is 32.8 Å². The molecule has 1 aliphatic rings. The highest BCUT2D eigenvalue weighted by atomic mass is 16.5. The molecule has 1 aromatic rings. The summed E-state index contributed by atoms with van der Waals surface area (Å²) < 4.78 is 5.40. The summed E-state index contributed by atoms with van der Waals surface area (Å²) in [5, 5.41) is 12.5. The third-order valence-electron chi connectivity index (χ3n) is 3.49. The van der Waals surface area contributed by atoms with Crippen molar-refractivity contribution >= 4 is 5.91 Å². The summed E-state index contributed by atoms with van der Waals surface area (Å²) in [6.45, 7) is 5.13. The predicted octanol–water partition coefficient (Wildman–Crippen LogP) is 1.82. The quantitative estimate of drug-likeness (QED) is 0.799. The first-order chi connectivity index (χ1) is 9.56. The molecule has 1 unspecified atom stereocenters. The van der Waals surface area contributed by atoms with Crippen LogP contribution in [0.15, 0.2) is 18.2 Å². The van der Waals surface area contributed by atoms with Crippen LogP contribution in [0.25, 0.3) is 0 Å². The minimum Gasteiger partial charge on any atom is -0.389 e. The fraction of sp³-hybridized carbons (Fsp3) is 0.562. The van der Waals surface area contributed by atoms with E-state index in [1.165, 1.54) is 12.8 Å². The zero-order valence-corrected chi connectivity index (χ0v) is 12.2. The molecule has 1 saturated carbocycles. The molecular formula is C16H23NO3. The second kappa shape index (κ2) is 6.86. The highest BCUT2D eigenvalue weighted by Gasteiger charge is 2.21. The average Bonchev–Trinajstić information content (AvgIpc) is 3.20. The van der Waals surface area contributed by atoms with E-state index in [2.05, 4.69) is 5.32 Å². The lowest BCUT2D eigenvalue weighted by molar-refractivity contribution is 0.0320. The largest absolute Gasteiger partial charge is 0.389 e. The van der Waals surface area contributed by atoms with Gasteiger partial charge in [0.15, 0.2) is 0 Å². The molecule has 2 rings (SSSR count). The van der Waals surface area contributed by atoms with Crippen LogP contribution < -0.4 is 5.32 Å². The third kappa shape index (κ3) is 4.62. The Morgan fingerprint density at radius 3 is 2.85 bits per heavy atom. The Hall–Kier alpha value is -1.39. The van der Waals surface area contributed by atoms with Crippen molar-refractivity contribution in [2.24, 2.45) is 5.92 Å². The molecule has 1 atom stereocenters. The zero-order valence-electron chi connectivity index (χ0n) is 12.2. The Bertz CT molecular complexity index is 469. The molecule has 4 heteroatoms. The molecule has 0 saturated heterocycles. The van der Waals surface area contributed by atoms with Gasteiger partial charge in [0.1, 0.15) is 0 Å². The van der Waals surface area contributed by atoms with Crippen LogP contribution in [0.3, 0.4) is 0 Å². The first-order valence-corrected chi connectivity index (χ1v) is 7.17. The van der Waals surface area contributed by atoms with Crippen molar-refractivity contribution in [3.8, 4) is 0 Å². The predicted molar refractivity (Wildman–Crippen MR) is 77.8 cm³/mol. The zero-order chi connectivity index (χ0) is 14.5. The molecule has 0 radical (unpaired) electrons. The summed E-state index contributed by atoms with van der Waals surface area (Å²) in [5.74, 6) is 0.538. The van der Waals surface area contributed by atoms with Crippen molar-refractivity contribution in [2.75, 3.05) is 19.8 Å². The van der Waals surface area contributed by atoms with Gasteiger partial charge in [-0.05, 0) is 44.2 Å². The number of aliphatic hydroxyl groups is 1. The summed E-state index contributed by atoms with van der Waals surface area (Å²) >= 11 is 0. The Balaban J connectivity index is 1.72. The second-order valence-corrected chi connectivity index (χ2v) is 5.66. The molecule has 1 amide bonds. The Morgan fingerprint density at radius 1 is 1.45 bits per heavy atom. The number of hydrogen-bond acceptors (Lipinski definition) is 3. The van der Waals surface area contributed by atoms with Gasteiger partial charge in [-0.3, -0.25) is 4.79 Å². The first kappa shape index (κ1) is 15.0. The molecule has 20 heavy (non-hydrogen) atoms. The van der Waals surface area contributed by atoms with Crippen LogP contribution in [-0.4, -0.2) is 36.9 Å². The molecular weight excluding hydrogens is 254 g/mol. The minimum absolute atomic E-state index is 0.149. The van der Waals surface area contributed by atoms with Gasteiger partial charge in [-0.25, -0.2) is 0 Å². The van der Waals surface area contributed by atoms with Crippen LogP contribution in [0.1, 0.15) is 34.3 Å². The normalized spacial score (nSPS) is 15.9. The van der Waals surface area contributed by atoms with Gasteiger partial charge >= 0.3 is 0 Å². The maximum absolute atomic E-state index is 12.0. The van der Waals surface area contributed by atoms with Gasteiger partial charge in [-0.15, -0.1) is 0 Å². The van der Waals surface area contributed by atoms with Gasteiger partial charge in [0.05, 0.1) is 12.7 Å². The fourth-order valence-electron chi connectivity index (χ4n) is 2.09. The Morgan fingerprint density at radius 2 is 2.20 bits per heavy atom. The molecule has 1 aromatic carbocycles. The van der Waals surface area contributed by atoms with Gasteiger partial charge in [-0.2, -0.15) is 0 Å². The van der Waals surface area contributed by atoms with E-state index >= 15 is 0 Å². The molecule has 0 spiro atoms. The van der Waals surface area contributed by atoms with Crippen molar-refractivity contribution in [1.82, 2.24) is 5.32 Å². The molecule has 0 heterocycles. The van der Waals surface area contributed by atoms with Gasteiger partial charge in [0.2, 0.25) is 0 Å². The second-order valence-electron chi connectivity index (χ2n) is 5.66. The van der Waals surface area contributed by atoms with Crippen LogP contribution in [0.2, 0.25) is 0 Å². The summed E-state index contributed by atoms with van der Waals surface area (Å²) in [4.78, 5) is 12.0. The summed E-state index contributed by atoms with van der Waals surface area (Å²) in [7, 11) is 0. The van der Waals surface area contributed by atoms with Gasteiger partial charge < -0.3 is 15.2 Å². The SMILES string of the molecule is Cc1ccc(C(=O)NCC(O)COCC2CC2)c(C)c1. The molecule has 110 valence electrons. The molecule has 0 aliphatic heterocycles. The Labute approximate surface area is 120 Å². The number of ether oxygens (including phenoxy) is 1. The summed E-state index contributed by atoms with van der Waals surface area (Å²) in [5.41, 5.74) is 2.73. The third-order valence-corrected chi connectivity index (χ3v) is 3.49. The smallest absolute Gasteiger partial charge is 0.251 e. The summed E-state index contributed by atoms with van der Waals surface area (Å²) in [6.07, 6.45) is 1.82. The highest BCUT2D eigenvalue weighted by molar-refractivity contribution is 5.95. The number of rotatable bonds is 7. The Kier molecular flexibility index (Phi) is 5.15. The van der Waals surface area contributed by atoms with Crippen LogP contribution in [0.4, 0.5) is 0 Å². The van der Waals surface area contributed by atoms with E-state index in [0.29, 0.717) is 11.5 Å². The van der Waals surface area contributed by atoms with Crippen LogP contribution in [0.5, 0.6) is 0 Å². The maximum atomic E-state index is 12.0. The van der Waals surface area contributed by atoms with E-state index in [1.54, 1.807) is 0 Å². The van der Waals surface area contributed by atoms with E-state index in [-0.39, 0.29) is 19.1 Å².